The topological polar surface area (TPSA) is 30.5 Å². The number of benzene rings is 1. The van der Waals surface area contributed by atoms with Gasteiger partial charge in [-0.25, -0.2) is 10.0 Å². The molecule has 2 aliphatic heterocycles. The summed E-state index contributed by atoms with van der Waals surface area (Å²) in [6, 6.07) is 8.58. The summed E-state index contributed by atoms with van der Waals surface area (Å²) in [7, 11) is 0. The highest BCUT2D eigenvalue weighted by molar-refractivity contribution is 8.22. The molecule has 0 aromatic heterocycles. The molecule has 0 radical (unpaired) electrons. The SMILES string of the molecule is S=C(NN1CCCC1)SCc1ccccc1CSC(=S)NN1CCCC1. The standard InChI is InChI=1S/C18H26N4S4/c23-17(19-21-9-3-4-10-21)25-13-15-7-1-2-8-16(15)14-26-18(24)20-22-11-5-6-12-22/h1-2,7-8H,3-6,9-14H2,(H,19,23)(H,20,24). The summed E-state index contributed by atoms with van der Waals surface area (Å²) in [6.45, 7) is 4.37. The summed E-state index contributed by atoms with van der Waals surface area (Å²) in [5.41, 5.74) is 9.36. The Morgan fingerprint density at radius 2 is 1.15 bits per heavy atom. The van der Waals surface area contributed by atoms with Crippen molar-refractivity contribution in [1.82, 2.24) is 20.9 Å². The number of thiocarbonyl (C=S) groups is 2. The number of nitrogens with zero attached hydrogens (tertiary/aromatic N) is 2. The molecule has 2 aliphatic rings. The molecule has 1 aromatic carbocycles. The molecule has 3 rings (SSSR count). The molecule has 2 heterocycles. The average Bonchev–Trinajstić information content (AvgIpc) is 3.33. The van der Waals surface area contributed by atoms with Crippen LogP contribution in [-0.4, -0.2) is 44.8 Å². The van der Waals surface area contributed by atoms with Crippen LogP contribution in [0.4, 0.5) is 0 Å². The first-order chi connectivity index (χ1) is 12.7. The third-order valence-corrected chi connectivity index (χ3v) is 7.05. The van der Waals surface area contributed by atoms with Gasteiger partial charge in [-0.05, 0) is 36.8 Å². The zero-order chi connectivity index (χ0) is 18.2. The van der Waals surface area contributed by atoms with Crippen molar-refractivity contribution in [3.05, 3.63) is 35.4 Å². The van der Waals surface area contributed by atoms with Crippen LogP contribution in [0.1, 0.15) is 36.8 Å². The second kappa shape index (κ2) is 10.8. The zero-order valence-electron chi connectivity index (χ0n) is 14.9. The Kier molecular flexibility index (Phi) is 8.48. The number of hydrazine groups is 2. The highest BCUT2D eigenvalue weighted by atomic mass is 32.2. The van der Waals surface area contributed by atoms with Gasteiger partial charge in [0.15, 0.2) is 0 Å². The molecule has 2 fully saturated rings. The minimum atomic E-state index is 0.862. The third-order valence-electron chi connectivity index (χ3n) is 4.55. The summed E-state index contributed by atoms with van der Waals surface area (Å²) in [6.07, 6.45) is 5.02. The molecule has 2 saturated heterocycles. The van der Waals surface area contributed by atoms with Gasteiger partial charge >= 0.3 is 0 Å². The van der Waals surface area contributed by atoms with E-state index in [-0.39, 0.29) is 0 Å². The molecule has 0 saturated carbocycles. The van der Waals surface area contributed by atoms with Crippen LogP contribution in [0.2, 0.25) is 0 Å². The lowest BCUT2D eigenvalue weighted by atomic mass is 10.1. The molecular weight excluding hydrogens is 400 g/mol. The Morgan fingerprint density at radius 1 is 0.769 bits per heavy atom. The largest absolute Gasteiger partial charge is 0.304 e. The van der Waals surface area contributed by atoms with Crippen molar-refractivity contribution in [2.45, 2.75) is 37.2 Å². The summed E-state index contributed by atoms with van der Waals surface area (Å²) in [5.74, 6) is 1.78. The molecule has 2 N–H and O–H groups in total. The van der Waals surface area contributed by atoms with E-state index in [1.165, 1.54) is 36.8 Å². The first-order valence-electron chi connectivity index (χ1n) is 9.14. The fraction of sp³-hybridized carbons (Fsp3) is 0.556. The monoisotopic (exact) mass is 426 g/mol. The van der Waals surface area contributed by atoms with Crippen molar-refractivity contribution in [2.75, 3.05) is 26.2 Å². The van der Waals surface area contributed by atoms with E-state index >= 15 is 0 Å². The van der Waals surface area contributed by atoms with Gasteiger partial charge in [0.1, 0.15) is 8.64 Å². The molecule has 0 bridgehead atoms. The summed E-state index contributed by atoms with van der Waals surface area (Å²) in [4.78, 5) is 0. The Labute approximate surface area is 175 Å². The number of rotatable bonds is 6. The molecular formula is C18H26N4S4. The maximum atomic E-state index is 5.49. The van der Waals surface area contributed by atoms with Crippen LogP contribution < -0.4 is 10.9 Å². The Hall–Kier alpha value is -0.380. The van der Waals surface area contributed by atoms with Crippen LogP contribution in [0.3, 0.4) is 0 Å². The predicted molar refractivity (Wildman–Crippen MR) is 122 cm³/mol. The second-order valence-electron chi connectivity index (χ2n) is 6.53. The van der Waals surface area contributed by atoms with Crippen LogP contribution in [-0.2, 0) is 11.5 Å². The normalized spacial score (nSPS) is 18.2. The maximum absolute atomic E-state index is 5.49. The molecule has 0 atom stereocenters. The molecule has 4 nitrogen and oxygen atoms in total. The average molecular weight is 427 g/mol. The smallest absolute Gasteiger partial charge is 0.148 e. The number of hydrogen-bond acceptors (Lipinski definition) is 6. The van der Waals surface area contributed by atoms with Crippen molar-refractivity contribution in [1.29, 1.82) is 0 Å². The third kappa shape index (κ3) is 6.65. The molecule has 0 aliphatic carbocycles. The Bertz CT molecular complexity index is 560. The van der Waals surface area contributed by atoms with Crippen molar-refractivity contribution >= 4 is 56.6 Å². The van der Waals surface area contributed by atoms with Crippen LogP contribution in [0.15, 0.2) is 24.3 Å². The van der Waals surface area contributed by atoms with E-state index < -0.39 is 0 Å². The van der Waals surface area contributed by atoms with Gasteiger partial charge in [0.2, 0.25) is 0 Å². The molecule has 1 aromatic rings. The van der Waals surface area contributed by atoms with Crippen molar-refractivity contribution in [3.8, 4) is 0 Å². The summed E-state index contributed by atoms with van der Waals surface area (Å²) in [5, 5.41) is 4.44. The number of hydrogen-bond donors (Lipinski definition) is 2. The molecule has 26 heavy (non-hydrogen) atoms. The van der Waals surface area contributed by atoms with Gasteiger partial charge in [-0.1, -0.05) is 72.2 Å². The van der Waals surface area contributed by atoms with Gasteiger partial charge in [-0.3, -0.25) is 0 Å². The van der Waals surface area contributed by atoms with Gasteiger partial charge in [-0.2, -0.15) is 0 Å². The van der Waals surface area contributed by atoms with E-state index in [9.17, 15) is 0 Å². The number of thioether (sulfide) groups is 2. The van der Waals surface area contributed by atoms with Crippen LogP contribution in [0.5, 0.6) is 0 Å². The van der Waals surface area contributed by atoms with Gasteiger partial charge < -0.3 is 10.9 Å². The summed E-state index contributed by atoms with van der Waals surface area (Å²) >= 11 is 14.4. The number of nitrogens with one attached hydrogen (secondary N) is 2. The van der Waals surface area contributed by atoms with Gasteiger partial charge in [0, 0.05) is 37.7 Å². The fourth-order valence-electron chi connectivity index (χ4n) is 3.11. The minimum absolute atomic E-state index is 0.862. The lowest BCUT2D eigenvalue weighted by molar-refractivity contribution is 0.300. The highest BCUT2D eigenvalue weighted by Crippen LogP contribution is 2.22. The van der Waals surface area contributed by atoms with Crippen LogP contribution in [0.25, 0.3) is 0 Å². The lowest BCUT2D eigenvalue weighted by Crippen LogP contribution is -2.37. The first-order valence-corrected chi connectivity index (χ1v) is 11.9. The highest BCUT2D eigenvalue weighted by Gasteiger charge is 2.14. The fourth-order valence-corrected chi connectivity index (χ4v) is 5.24. The van der Waals surface area contributed by atoms with E-state index in [0.717, 1.165) is 46.3 Å². The zero-order valence-corrected chi connectivity index (χ0v) is 18.2. The van der Waals surface area contributed by atoms with E-state index in [1.54, 1.807) is 23.5 Å². The van der Waals surface area contributed by atoms with E-state index in [2.05, 4.69) is 45.1 Å². The van der Waals surface area contributed by atoms with E-state index in [4.69, 9.17) is 24.4 Å². The second-order valence-corrected chi connectivity index (χ2v) is 9.84. The van der Waals surface area contributed by atoms with Gasteiger partial charge in [-0.15, -0.1) is 0 Å². The molecule has 0 spiro atoms. The predicted octanol–water partition coefficient (Wildman–Crippen LogP) is 3.92. The Morgan fingerprint density at radius 3 is 1.54 bits per heavy atom. The molecule has 142 valence electrons. The first kappa shape index (κ1) is 20.4. The maximum Gasteiger partial charge on any atom is 0.148 e. The van der Waals surface area contributed by atoms with Crippen molar-refractivity contribution < 1.29 is 0 Å². The lowest BCUT2D eigenvalue weighted by Gasteiger charge is -2.19. The van der Waals surface area contributed by atoms with Crippen molar-refractivity contribution in [2.24, 2.45) is 0 Å². The van der Waals surface area contributed by atoms with E-state index in [1.807, 2.05) is 0 Å². The minimum Gasteiger partial charge on any atom is -0.304 e. The van der Waals surface area contributed by atoms with Crippen LogP contribution >= 0.6 is 48.0 Å². The van der Waals surface area contributed by atoms with Gasteiger partial charge in [0.25, 0.3) is 0 Å². The van der Waals surface area contributed by atoms with Gasteiger partial charge in [0.05, 0.1) is 0 Å². The summed E-state index contributed by atoms with van der Waals surface area (Å²) < 4.78 is 1.72. The van der Waals surface area contributed by atoms with Crippen molar-refractivity contribution in [3.63, 3.8) is 0 Å². The molecule has 8 heteroatoms. The molecule has 0 amide bonds. The molecule has 0 unspecified atom stereocenters. The van der Waals surface area contributed by atoms with Crippen LogP contribution in [0, 0.1) is 0 Å². The van der Waals surface area contributed by atoms with E-state index in [0.29, 0.717) is 0 Å². The Balaban J connectivity index is 1.44. The quantitative estimate of drug-likeness (QED) is 0.662.